The number of nitrogens with one attached hydrogen (secondary N) is 2. The van der Waals surface area contributed by atoms with Gasteiger partial charge in [-0.15, -0.1) is 0 Å². The van der Waals surface area contributed by atoms with Crippen LogP contribution in [0.15, 0.2) is 18.7 Å². The summed E-state index contributed by atoms with van der Waals surface area (Å²) in [5.41, 5.74) is 0. The van der Waals surface area contributed by atoms with Crippen LogP contribution in [0.4, 0.5) is 52.7 Å². The van der Waals surface area contributed by atoms with Gasteiger partial charge in [-0.05, 0) is 0 Å². The first-order valence-electron chi connectivity index (χ1n) is 9.65. The van der Waals surface area contributed by atoms with Crippen LogP contribution in [0, 0.1) is 0 Å². The Bertz CT molecular complexity index is 918. The second kappa shape index (κ2) is 11.2. The lowest BCUT2D eigenvalue weighted by molar-refractivity contribution is -0.167. The van der Waals surface area contributed by atoms with E-state index >= 15 is 0 Å². The summed E-state index contributed by atoms with van der Waals surface area (Å²) in [6.07, 6.45) is -21.2. The average Bonchev–Trinajstić information content (AvgIpc) is 3.26. The van der Waals surface area contributed by atoms with Crippen LogP contribution in [0.2, 0.25) is 0 Å². The Morgan fingerprint density at radius 2 is 1.25 bits per heavy atom. The second-order valence-corrected chi connectivity index (χ2v) is 11.5. The molecular formula is C13H16F12N4O5P2. The molecule has 1 rings (SSSR count). The Morgan fingerprint density at radius 3 is 1.56 bits per heavy atom. The third kappa shape index (κ3) is 10.2. The summed E-state index contributed by atoms with van der Waals surface area (Å²) in [6.45, 7) is -15.7. The smallest absolute Gasteiger partial charge is 0.368 e. The van der Waals surface area contributed by atoms with Crippen molar-refractivity contribution in [1.29, 1.82) is 0 Å². The molecule has 0 aliphatic carbocycles. The molecule has 212 valence electrons. The van der Waals surface area contributed by atoms with E-state index in [4.69, 9.17) is 2.74 Å². The number of halogens is 12. The van der Waals surface area contributed by atoms with Gasteiger partial charge in [0.15, 0.2) is 13.2 Å². The van der Waals surface area contributed by atoms with Crippen molar-refractivity contribution in [2.75, 3.05) is 26.3 Å². The average molecular weight is 600 g/mol. The third-order valence-electron chi connectivity index (χ3n) is 3.41. The summed E-state index contributed by atoms with van der Waals surface area (Å²) in [7, 11) is -13.9. The van der Waals surface area contributed by atoms with Crippen LogP contribution >= 0.6 is 15.0 Å². The molecule has 0 saturated heterocycles. The molecule has 23 heteroatoms. The first kappa shape index (κ1) is 29.2. The maximum absolute atomic E-state index is 13.5. The van der Waals surface area contributed by atoms with E-state index in [9.17, 15) is 66.9 Å². The molecule has 0 aliphatic rings. The van der Waals surface area contributed by atoms with Gasteiger partial charge < -0.3 is 9.67 Å². The molecule has 0 radical (unpaired) electrons. The van der Waals surface area contributed by atoms with Crippen molar-refractivity contribution in [3.05, 3.63) is 18.7 Å². The fourth-order valence-electron chi connectivity index (χ4n) is 2.01. The molecule has 9 nitrogen and oxygen atoms in total. The van der Waals surface area contributed by atoms with Gasteiger partial charge in [0.1, 0.15) is 0 Å². The lowest BCUT2D eigenvalue weighted by atomic mass is 10.6. The van der Waals surface area contributed by atoms with E-state index in [0.29, 0.717) is 12.4 Å². The maximum atomic E-state index is 13.5. The monoisotopic (exact) mass is 600 g/mol. The van der Waals surface area contributed by atoms with Crippen LogP contribution in [0.25, 0.3) is 0 Å². The molecule has 0 aliphatic heterocycles. The predicted molar refractivity (Wildman–Crippen MR) is 94.5 cm³/mol. The maximum Gasteiger partial charge on any atom is 0.412 e. The summed E-state index contributed by atoms with van der Waals surface area (Å²) in [5.74, 6) is 0. The van der Waals surface area contributed by atoms with Crippen molar-refractivity contribution in [2.24, 2.45) is 0 Å². The first-order valence-corrected chi connectivity index (χ1v) is 11.9. The zero-order valence-corrected chi connectivity index (χ0v) is 18.8. The second-order valence-electron chi connectivity index (χ2n) is 6.50. The molecule has 1 unspecified atom stereocenters. The summed E-state index contributed by atoms with van der Waals surface area (Å²) in [4.78, 5) is 3.20. The minimum absolute atomic E-state index is 0.176. The van der Waals surface area contributed by atoms with Gasteiger partial charge in [0.2, 0.25) is 0 Å². The lowest BCUT2D eigenvalue weighted by Gasteiger charge is -2.40. The van der Waals surface area contributed by atoms with Crippen molar-refractivity contribution in [2.45, 2.75) is 36.3 Å². The van der Waals surface area contributed by atoms with Crippen molar-refractivity contribution in [3.8, 4) is 0 Å². The zero-order valence-electron chi connectivity index (χ0n) is 19.0. The molecule has 1 atom stereocenters. The molecular weight excluding hydrogens is 582 g/mol. The zero-order chi connectivity index (χ0) is 30.1. The highest BCUT2D eigenvalue weighted by atomic mass is 31.2. The molecule has 36 heavy (non-hydrogen) atoms. The number of hydrogen-bond donors (Lipinski definition) is 3. The van der Waals surface area contributed by atoms with E-state index in [2.05, 4.69) is 14.0 Å². The molecule has 0 amide bonds. The topological polar surface area (TPSA) is 115 Å². The van der Waals surface area contributed by atoms with Crippen molar-refractivity contribution >= 4 is 15.0 Å². The van der Waals surface area contributed by atoms with Crippen LogP contribution in [0.1, 0.15) is 2.74 Å². The number of rotatable bonds is 12. The standard InChI is InChI=1S/C13H16F12N4O5P2/c14-9(15,16)3-27-35(31,28-4-10(17,18)19)13(30,5-29-2-1-26-8-29)36(32,33-6-11(20,21)22)34-7-12(23,24)25/h1-2,8,30H,3-7H2,(H2,27,28,31)/i5D2. The Kier molecular flexibility index (Phi) is 9.05. The predicted octanol–water partition coefficient (Wildman–Crippen LogP) is 4.38. The van der Waals surface area contributed by atoms with Gasteiger partial charge in [0.05, 0.1) is 28.7 Å². The number of alkyl halides is 12. The lowest BCUT2D eigenvalue weighted by Crippen LogP contribution is -2.48. The third-order valence-corrected chi connectivity index (χ3v) is 8.97. The number of hydrogen-bond acceptors (Lipinski definition) is 6. The number of nitrogens with zero attached hydrogens (tertiary/aromatic N) is 2. The molecule has 0 fully saturated rings. The fourth-order valence-corrected chi connectivity index (χ4v) is 7.08. The largest absolute Gasteiger partial charge is 0.412 e. The van der Waals surface area contributed by atoms with E-state index < -0.39 is 77.6 Å². The minimum Gasteiger partial charge on any atom is -0.368 e. The van der Waals surface area contributed by atoms with E-state index in [1.54, 1.807) is 0 Å². The highest BCUT2D eigenvalue weighted by Crippen LogP contribution is 2.73. The van der Waals surface area contributed by atoms with Crippen LogP contribution in [-0.2, 0) is 24.7 Å². The number of aromatic nitrogens is 2. The van der Waals surface area contributed by atoms with E-state index in [0.717, 1.165) is 10.2 Å². The van der Waals surface area contributed by atoms with Crippen LogP contribution in [0.5, 0.6) is 0 Å². The van der Waals surface area contributed by atoms with Gasteiger partial charge >= 0.3 is 32.3 Å². The van der Waals surface area contributed by atoms with E-state index in [1.165, 1.54) is 0 Å². The van der Waals surface area contributed by atoms with Crippen LogP contribution in [0.3, 0.4) is 0 Å². The summed E-state index contributed by atoms with van der Waals surface area (Å²) >= 11 is 0. The van der Waals surface area contributed by atoms with Gasteiger partial charge in [-0.1, -0.05) is 0 Å². The molecule has 1 heterocycles. The summed E-state index contributed by atoms with van der Waals surface area (Å²) in [6, 6.07) is 0. The van der Waals surface area contributed by atoms with E-state index in [1.807, 2.05) is 0 Å². The van der Waals surface area contributed by atoms with Gasteiger partial charge in [-0.2, -0.15) is 52.7 Å². The van der Waals surface area contributed by atoms with Gasteiger partial charge in [-0.3, -0.25) is 18.2 Å². The Balaban J connectivity index is 4.04. The fraction of sp³-hybridized carbons (Fsp3) is 0.769. The molecule has 0 spiro atoms. The van der Waals surface area contributed by atoms with Gasteiger partial charge in [0.25, 0.3) is 12.5 Å². The Labute approximate surface area is 196 Å². The highest BCUT2D eigenvalue weighted by molar-refractivity contribution is 7.76. The number of imidazole rings is 1. The van der Waals surface area contributed by atoms with E-state index in [-0.39, 0.29) is 10.9 Å². The molecule has 3 N–H and O–H groups in total. The van der Waals surface area contributed by atoms with Gasteiger partial charge in [-0.25, -0.2) is 15.2 Å². The summed E-state index contributed by atoms with van der Waals surface area (Å²) < 4.78 is 204. The first-order chi connectivity index (χ1) is 16.7. The SMILES string of the molecule is [2H]C([2H])(n1ccnc1)C(O)(P(=O)(NCC(F)(F)F)NCC(F)(F)F)P(=O)(OCC(F)(F)F)OCC(F)(F)F. The molecule has 0 aromatic carbocycles. The molecule has 1 aromatic heterocycles. The van der Waals surface area contributed by atoms with Crippen molar-refractivity contribution in [3.63, 3.8) is 0 Å². The normalized spacial score (nSPS) is 17.5. The highest BCUT2D eigenvalue weighted by Gasteiger charge is 2.65. The molecule has 1 aromatic rings. The quantitative estimate of drug-likeness (QED) is 0.240. The number of aliphatic hydroxyl groups is 1. The van der Waals surface area contributed by atoms with Gasteiger partial charge in [0, 0.05) is 12.4 Å². The summed E-state index contributed by atoms with van der Waals surface area (Å²) in [5, 5.41) is 7.38. The Hall–Kier alpha value is -1.37. The minimum atomic E-state index is -7.11. The van der Waals surface area contributed by atoms with Crippen LogP contribution < -0.4 is 10.2 Å². The molecule has 0 saturated carbocycles. The van der Waals surface area contributed by atoms with Crippen molar-refractivity contribution < 1.29 is 78.7 Å². The Morgan fingerprint density at radius 1 is 0.833 bits per heavy atom. The molecule has 0 bridgehead atoms. The van der Waals surface area contributed by atoms with Crippen LogP contribution in [-0.4, -0.2) is 70.7 Å². The van der Waals surface area contributed by atoms with Crippen molar-refractivity contribution in [1.82, 2.24) is 19.7 Å².